The van der Waals surface area contributed by atoms with E-state index in [-0.39, 0.29) is 18.3 Å². The Bertz CT molecular complexity index is 637. The molecule has 0 bridgehead atoms. The fourth-order valence-electron chi connectivity index (χ4n) is 1.63. The molecule has 0 fully saturated rings. The number of aromatic nitrogens is 3. The van der Waals surface area contributed by atoms with Crippen LogP contribution in [0.3, 0.4) is 0 Å². The van der Waals surface area contributed by atoms with Crippen molar-refractivity contribution in [2.24, 2.45) is 7.05 Å². The molecule has 0 unspecified atom stereocenters. The maximum atomic E-state index is 12.0. The fourth-order valence-corrected chi connectivity index (χ4v) is 1.63. The van der Waals surface area contributed by atoms with Crippen LogP contribution in [0, 0.1) is 0 Å². The molecule has 0 spiro atoms. The highest BCUT2D eigenvalue weighted by molar-refractivity contribution is 5.92. The molecule has 2 heterocycles. The predicted octanol–water partition coefficient (Wildman–Crippen LogP) is 1.69. The van der Waals surface area contributed by atoms with Gasteiger partial charge in [-0.25, -0.2) is 0 Å². The lowest BCUT2D eigenvalue weighted by Crippen LogP contribution is -2.25. The summed E-state index contributed by atoms with van der Waals surface area (Å²) in [5.41, 5.74) is 0.889. The van der Waals surface area contributed by atoms with E-state index in [1.54, 1.807) is 29.9 Å². The van der Waals surface area contributed by atoms with Crippen molar-refractivity contribution in [2.45, 2.75) is 12.7 Å². The molecule has 0 aromatic carbocycles. The zero-order valence-electron chi connectivity index (χ0n) is 11.6. The summed E-state index contributed by atoms with van der Waals surface area (Å²) in [7, 11) is 1.74. The summed E-state index contributed by atoms with van der Waals surface area (Å²) >= 11 is 0. The van der Waals surface area contributed by atoms with Crippen LogP contribution in [-0.2, 0) is 13.6 Å². The summed E-state index contributed by atoms with van der Waals surface area (Å²) in [5, 5.41) is 9.84. The van der Waals surface area contributed by atoms with Gasteiger partial charge in [-0.15, -0.1) is 5.10 Å². The third-order valence-corrected chi connectivity index (χ3v) is 2.69. The maximum absolute atomic E-state index is 12.0. The quantitative estimate of drug-likeness (QED) is 0.912. The molecular weight excluding hydrogens is 301 g/mol. The molecule has 0 radical (unpaired) electrons. The number of hydrogen-bond acceptors (Lipinski definition) is 4. The number of amides is 1. The largest absolute Gasteiger partial charge is 0.467 e. The highest BCUT2D eigenvalue weighted by Gasteiger charge is 2.28. The summed E-state index contributed by atoms with van der Waals surface area (Å²) in [4.78, 5) is 11.8. The Kier molecular flexibility index (Phi) is 4.64. The van der Waals surface area contributed by atoms with Gasteiger partial charge in [0.25, 0.3) is 5.91 Å². The van der Waals surface area contributed by atoms with Gasteiger partial charge in [0, 0.05) is 19.3 Å². The van der Waals surface area contributed by atoms with E-state index in [9.17, 15) is 18.0 Å². The van der Waals surface area contributed by atoms with E-state index in [2.05, 4.69) is 20.3 Å². The number of nitrogens with zero attached hydrogens (tertiary/aromatic N) is 3. The number of hydrogen-bond donors (Lipinski definition) is 1. The van der Waals surface area contributed by atoms with Crippen molar-refractivity contribution in [1.82, 2.24) is 20.1 Å². The standard InChI is InChI=1S/C13H13F3N4O2/c1-20-6-2-3-10(20)12(21)17-7-9-4-5-11(19-18-9)22-8-13(14,15)16/h2-6H,7-8H2,1H3,(H,17,21). The first-order valence-corrected chi connectivity index (χ1v) is 6.27. The molecule has 22 heavy (non-hydrogen) atoms. The van der Waals surface area contributed by atoms with Crippen molar-refractivity contribution >= 4 is 5.91 Å². The van der Waals surface area contributed by atoms with Crippen LogP contribution >= 0.6 is 0 Å². The van der Waals surface area contributed by atoms with Gasteiger partial charge in [-0.2, -0.15) is 18.3 Å². The molecule has 9 heteroatoms. The van der Waals surface area contributed by atoms with E-state index < -0.39 is 12.8 Å². The molecule has 118 valence electrons. The second-order valence-electron chi connectivity index (χ2n) is 4.45. The number of carbonyl (C=O) groups is 1. The normalized spacial score (nSPS) is 11.3. The highest BCUT2D eigenvalue weighted by atomic mass is 19.4. The first-order valence-electron chi connectivity index (χ1n) is 6.27. The zero-order valence-corrected chi connectivity index (χ0v) is 11.6. The smallest absolute Gasteiger partial charge is 0.422 e. The molecule has 2 rings (SSSR count). The Morgan fingerprint density at radius 1 is 1.32 bits per heavy atom. The van der Waals surface area contributed by atoms with Gasteiger partial charge in [-0.1, -0.05) is 0 Å². The number of nitrogens with one attached hydrogen (secondary N) is 1. The molecule has 0 aliphatic carbocycles. The molecule has 0 aliphatic rings. The van der Waals surface area contributed by atoms with Crippen molar-refractivity contribution in [3.63, 3.8) is 0 Å². The maximum Gasteiger partial charge on any atom is 0.422 e. The summed E-state index contributed by atoms with van der Waals surface area (Å²) in [6.07, 6.45) is -2.69. The van der Waals surface area contributed by atoms with E-state index in [4.69, 9.17) is 0 Å². The Morgan fingerprint density at radius 3 is 2.64 bits per heavy atom. The van der Waals surface area contributed by atoms with Gasteiger partial charge in [-0.3, -0.25) is 4.79 Å². The number of carbonyl (C=O) groups excluding carboxylic acids is 1. The van der Waals surface area contributed by atoms with Crippen LogP contribution in [-0.4, -0.2) is 33.5 Å². The number of aryl methyl sites for hydroxylation is 1. The molecule has 2 aromatic rings. The number of alkyl halides is 3. The summed E-state index contributed by atoms with van der Waals surface area (Å²) in [5.74, 6) is -0.512. The van der Waals surface area contributed by atoms with Gasteiger partial charge < -0.3 is 14.6 Å². The van der Waals surface area contributed by atoms with E-state index >= 15 is 0 Å². The van der Waals surface area contributed by atoms with Crippen LogP contribution in [0.4, 0.5) is 13.2 Å². The molecule has 6 nitrogen and oxygen atoms in total. The Morgan fingerprint density at radius 2 is 2.09 bits per heavy atom. The third-order valence-electron chi connectivity index (χ3n) is 2.69. The average Bonchev–Trinajstić information content (AvgIpc) is 2.89. The van der Waals surface area contributed by atoms with Crippen LogP contribution in [0.5, 0.6) is 5.88 Å². The van der Waals surface area contributed by atoms with Gasteiger partial charge in [0.2, 0.25) is 5.88 Å². The summed E-state index contributed by atoms with van der Waals surface area (Å²) < 4.78 is 42.0. The Hall–Kier alpha value is -2.58. The second-order valence-corrected chi connectivity index (χ2v) is 4.45. The second kappa shape index (κ2) is 6.46. The highest BCUT2D eigenvalue weighted by Crippen LogP contribution is 2.16. The van der Waals surface area contributed by atoms with Crippen LogP contribution in [0.15, 0.2) is 30.5 Å². The molecule has 0 saturated carbocycles. The number of ether oxygens (including phenoxy) is 1. The van der Waals surface area contributed by atoms with E-state index in [1.807, 2.05) is 0 Å². The predicted molar refractivity (Wildman–Crippen MR) is 70.2 cm³/mol. The van der Waals surface area contributed by atoms with E-state index in [0.29, 0.717) is 11.4 Å². The number of halogens is 3. The van der Waals surface area contributed by atoms with Gasteiger partial charge in [0.15, 0.2) is 6.61 Å². The Balaban J connectivity index is 1.86. The zero-order chi connectivity index (χ0) is 16.2. The number of rotatable bonds is 5. The molecular formula is C13H13F3N4O2. The van der Waals surface area contributed by atoms with Crippen molar-refractivity contribution < 1.29 is 22.7 Å². The molecule has 0 aliphatic heterocycles. The third kappa shape index (κ3) is 4.47. The molecule has 0 saturated heterocycles. The lowest BCUT2D eigenvalue weighted by atomic mass is 10.3. The topological polar surface area (TPSA) is 69.0 Å². The minimum Gasteiger partial charge on any atom is -0.467 e. The summed E-state index contributed by atoms with van der Waals surface area (Å²) in [6.45, 7) is -1.32. The lowest BCUT2D eigenvalue weighted by molar-refractivity contribution is -0.154. The van der Waals surface area contributed by atoms with Crippen LogP contribution in [0.25, 0.3) is 0 Å². The average molecular weight is 314 g/mol. The van der Waals surface area contributed by atoms with Crippen LogP contribution < -0.4 is 10.1 Å². The van der Waals surface area contributed by atoms with Gasteiger partial charge >= 0.3 is 6.18 Å². The minimum atomic E-state index is -4.43. The first-order chi connectivity index (χ1) is 10.3. The van der Waals surface area contributed by atoms with Crippen molar-refractivity contribution in [2.75, 3.05) is 6.61 Å². The molecule has 1 amide bonds. The van der Waals surface area contributed by atoms with Crippen molar-refractivity contribution in [3.05, 3.63) is 41.9 Å². The van der Waals surface area contributed by atoms with Crippen molar-refractivity contribution in [3.8, 4) is 5.88 Å². The molecule has 1 N–H and O–H groups in total. The Labute approximate surface area is 123 Å². The van der Waals surface area contributed by atoms with Crippen LogP contribution in [0.2, 0.25) is 0 Å². The van der Waals surface area contributed by atoms with Crippen LogP contribution in [0.1, 0.15) is 16.2 Å². The van der Waals surface area contributed by atoms with E-state index in [0.717, 1.165) is 0 Å². The SMILES string of the molecule is Cn1cccc1C(=O)NCc1ccc(OCC(F)(F)F)nn1. The van der Waals surface area contributed by atoms with Gasteiger partial charge in [-0.05, 0) is 18.2 Å². The lowest BCUT2D eigenvalue weighted by Gasteiger charge is -2.08. The van der Waals surface area contributed by atoms with E-state index in [1.165, 1.54) is 12.1 Å². The van der Waals surface area contributed by atoms with Gasteiger partial charge in [0.05, 0.1) is 12.2 Å². The molecule has 2 aromatic heterocycles. The van der Waals surface area contributed by atoms with Gasteiger partial charge in [0.1, 0.15) is 5.69 Å². The molecule has 0 atom stereocenters. The fraction of sp³-hybridized carbons (Fsp3) is 0.308. The minimum absolute atomic E-state index is 0.108. The monoisotopic (exact) mass is 314 g/mol. The van der Waals surface area contributed by atoms with Crippen molar-refractivity contribution in [1.29, 1.82) is 0 Å². The first kappa shape index (κ1) is 15.8. The summed E-state index contributed by atoms with van der Waals surface area (Å²) in [6, 6.07) is 6.10.